The molecule has 0 unspecified atom stereocenters. The van der Waals surface area contributed by atoms with E-state index in [1.165, 1.54) is 0 Å². The third-order valence-electron chi connectivity index (χ3n) is 4.65. The fraction of sp³-hybridized carbons (Fsp3) is 0.231. The SMILES string of the molecule is CC(=O)C[C@H](Sc1cccc(S[C@@H](CC(C)=O)c2ccccc2)c1)c1ccccc1. The van der Waals surface area contributed by atoms with Crippen molar-refractivity contribution in [3.8, 4) is 0 Å². The lowest BCUT2D eigenvalue weighted by molar-refractivity contribution is -0.117. The van der Waals surface area contributed by atoms with E-state index in [2.05, 4.69) is 48.5 Å². The van der Waals surface area contributed by atoms with E-state index in [4.69, 9.17) is 0 Å². The largest absolute Gasteiger partial charge is 0.300 e. The van der Waals surface area contributed by atoms with Crippen LogP contribution in [0, 0.1) is 0 Å². The Balaban J connectivity index is 1.80. The van der Waals surface area contributed by atoms with Crippen LogP contribution in [0.4, 0.5) is 0 Å². The van der Waals surface area contributed by atoms with Crippen molar-refractivity contribution in [2.75, 3.05) is 0 Å². The average Bonchev–Trinajstić information content (AvgIpc) is 2.74. The number of benzene rings is 3. The average molecular weight is 435 g/mol. The Bertz CT molecular complexity index is 894. The lowest BCUT2D eigenvalue weighted by Gasteiger charge is -2.18. The van der Waals surface area contributed by atoms with Crippen LogP contribution < -0.4 is 0 Å². The molecule has 154 valence electrons. The van der Waals surface area contributed by atoms with Gasteiger partial charge in [0.05, 0.1) is 0 Å². The molecule has 0 aliphatic rings. The van der Waals surface area contributed by atoms with Crippen LogP contribution in [-0.2, 0) is 9.59 Å². The number of ketones is 2. The molecule has 30 heavy (non-hydrogen) atoms. The monoisotopic (exact) mass is 434 g/mol. The first-order chi connectivity index (χ1) is 14.5. The molecule has 4 heteroatoms. The summed E-state index contributed by atoms with van der Waals surface area (Å²) in [6, 6.07) is 28.8. The first-order valence-electron chi connectivity index (χ1n) is 10.0. The highest BCUT2D eigenvalue weighted by Crippen LogP contribution is 2.42. The smallest absolute Gasteiger partial charge is 0.131 e. The second kappa shape index (κ2) is 11.2. The normalized spacial score (nSPS) is 12.9. The summed E-state index contributed by atoms with van der Waals surface area (Å²) in [6.45, 7) is 3.30. The number of hydrogen-bond donors (Lipinski definition) is 0. The van der Waals surface area contributed by atoms with Crippen molar-refractivity contribution >= 4 is 35.1 Å². The zero-order valence-corrected chi connectivity index (χ0v) is 18.9. The van der Waals surface area contributed by atoms with E-state index in [-0.39, 0.29) is 22.1 Å². The summed E-state index contributed by atoms with van der Waals surface area (Å²) in [5.74, 6) is 0.375. The minimum absolute atomic E-state index is 0.0890. The molecule has 3 rings (SSSR count). The Morgan fingerprint density at radius 2 is 1.03 bits per heavy atom. The first-order valence-corrected chi connectivity index (χ1v) is 11.8. The van der Waals surface area contributed by atoms with E-state index in [9.17, 15) is 9.59 Å². The first kappa shape index (κ1) is 22.4. The van der Waals surface area contributed by atoms with Gasteiger partial charge >= 0.3 is 0 Å². The van der Waals surface area contributed by atoms with Gasteiger partial charge in [-0.2, -0.15) is 0 Å². The summed E-state index contributed by atoms with van der Waals surface area (Å²) in [7, 11) is 0. The second-order valence-corrected chi connectivity index (χ2v) is 9.87. The molecule has 0 amide bonds. The molecule has 0 spiro atoms. The Labute approximate surface area is 187 Å². The number of thioether (sulfide) groups is 2. The fourth-order valence-corrected chi connectivity index (χ4v) is 5.92. The van der Waals surface area contributed by atoms with E-state index < -0.39 is 0 Å². The minimum atomic E-state index is 0.0890. The third-order valence-corrected chi connectivity index (χ3v) is 7.15. The van der Waals surface area contributed by atoms with E-state index in [0.29, 0.717) is 12.8 Å². The van der Waals surface area contributed by atoms with Crippen LogP contribution in [0.15, 0.2) is 94.7 Å². The van der Waals surface area contributed by atoms with Gasteiger partial charge in [0.2, 0.25) is 0 Å². The summed E-state index contributed by atoms with van der Waals surface area (Å²) in [4.78, 5) is 25.9. The van der Waals surface area contributed by atoms with Crippen LogP contribution in [0.5, 0.6) is 0 Å². The van der Waals surface area contributed by atoms with Crippen molar-refractivity contribution in [2.24, 2.45) is 0 Å². The molecule has 0 aliphatic carbocycles. The number of carbonyl (C=O) groups is 2. The Kier molecular flexibility index (Phi) is 8.35. The molecular weight excluding hydrogens is 408 g/mol. The number of rotatable bonds is 10. The Morgan fingerprint density at radius 3 is 1.40 bits per heavy atom. The van der Waals surface area contributed by atoms with Gasteiger partial charge in [-0.3, -0.25) is 9.59 Å². The predicted octanol–water partition coefficient (Wildman–Crippen LogP) is 7.31. The molecule has 2 nitrogen and oxygen atoms in total. The van der Waals surface area contributed by atoms with Crippen LogP contribution in [0.2, 0.25) is 0 Å². The maximum absolute atomic E-state index is 11.8. The van der Waals surface area contributed by atoms with Crippen LogP contribution in [0.3, 0.4) is 0 Å². The van der Waals surface area contributed by atoms with Gasteiger partial charge < -0.3 is 0 Å². The molecule has 0 radical (unpaired) electrons. The standard InChI is InChI=1S/C26H26O2S2/c1-19(27)16-25(21-10-5-3-6-11-21)29-23-14-9-15-24(18-23)30-26(17-20(2)28)22-12-7-4-8-13-22/h3-15,18,25-26H,16-17H2,1-2H3/t25-,26-/m0/s1. The second-order valence-electron chi connectivity index (χ2n) is 7.32. The van der Waals surface area contributed by atoms with E-state index in [1.54, 1.807) is 37.4 Å². The molecule has 0 heterocycles. The van der Waals surface area contributed by atoms with Gasteiger partial charge in [-0.05, 0) is 43.2 Å². The van der Waals surface area contributed by atoms with Crippen molar-refractivity contribution in [1.29, 1.82) is 0 Å². The van der Waals surface area contributed by atoms with Crippen molar-refractivity contribution in [1.82, 2.24) is 0 Å². The van der Waals surface area contributed by atoms with Crippen molar-refractivity contribution < 1.29 is 9.59 Å². The summed E-state index contributed by atoms with van der Waals surface area (Å²) < 4.78 is 0. The molecule has 0 aliphatic heterocycles. The van der Waals surface area contributed by atoms with Gasteiger partial charge in [0.1, 0.15) is 11.6 Å². The Morgan fingerprint density at radius 1 is 0.633 bits per heavy atom. The maximum Gasteiger partial charge on any atom is 0.131 e. The van der Waals surface area contributed by atoms with Crippen LogP contribution in [0.25, 0.3) is 0 Å². The zero-order valence-electron chi connectivity index (χ0n) is 17.3. The highest BCUT2D eigenvalue weighted by Gasteiger charge is 2.18. The molecule has 0 saturated carbocycles. The molecule has 3 aromatic carbocycles. The lowest BCUT2D eigenvalue weighted by atomic mass is 10.1. The van der Waals surface area contributed by atoms with Gasteiger partial charge in [-0.15, -0.1) is 23.5 Å². The fourth-order valence-electron chi connectivity index (χ4n) is 3.26. The van der Waals surface area contributed by atoms with Crippen molar-refractivity contribution in [3.05, 3.63) is 96.1 Å². The lowest BCUT2D eigenvalue weighted by Crippen LogP contribution is -2.01. The summed E-state index contributed by atoms with van der Waals surface area (Å²) >= 11 is 3.44. The highest BCUT2D eigenvalue weighted by molar-refractivity contribution is 8.00. The van der Waals surface area contributed by atoms with Crippen LogP contribution in [-0.4, -0.2) is 11.6 Å². The van der Waals surface area contributed by atoms with Crippen molar-refractivity contribution in [2.45, 2.75) is 47.0 Å². The summed E-state index contributed by atoms with van der Waals surface area (Å²) in [5.41, 5.74) is 2.32. The molecule has 0 bridgehead atoms. The Hall–Kier alpha value is -2.30. The van der Waals surface area contributed by atoms with Gasteiger partial charge in [-0.25, -0.2) is 0 Å². The zero-order chi connectivity index (χ0) is 21.3. The van der Waals surface area contributed by atoms with Gasteiger partial charge in [0.25, 0.3) is 0 Å². The topological polar surface area (TPSA) is 34.1 Å². The molecular formula is C26H26O2S2. The predicted molar refractivity (Wildman–Crippen MR) is 127 cm³/mol. The minimum Gasteiger partial charge on any atom is -0.300 e. The molecule has 3 aromatic rings. The summed E-state index contributed by atoms with van der Waals surface area (Å²) in [6.07, 6.45) is 1.01. The molecule has 0 saturated heterocycles. The number of Topliss-reactive ketones (excluding diaryl/α,β-unsaturated/α-hetero) is 2. The third kappa shape index (κ3) is 6.89. The van der Waals surface area contributed by atoms with E-state index in [1.807, 2.05) is 36.4 Å². The quantitative estimate of drug-likeness (QED) is 0.313. The van der Waals surface area contributed by atoms with E-state index in [0.717, 1.165) is 20.9 Å². The summed E-state index contributed by atoms with van der Waals surface area (Å²) in [5, 5.41) is 0.178. The molecule has 0 fully saturated rings. The number of hydrogen-bond acceptors (Lipinski definition) is 4. The maximum atomic E-state index is 11.8. The van der Waals surface area contributed by atoms with Crippen LogP contribution >= 0.6 is 23.5 Å². The van der Waals surface area contributed by atoms with E-state index >= 15 is 0 Å². The highest BCUT2D eigenvalue weighted by atomic mass is 32.2. The molecule has 0 aromatic heterocycles. The van der Waals surface area contributed by atoms with Gasteiger partial charge in [-0.1, -0.05) is 66.7 Å². The molecule has 2 atom stereocenters. The van der Waals surface area contributed by atoms with Gasteiger partial charge in [0.15, 0.2) is 0 Å². The van der Waals surface area contributed by atoms with Crippen molar-refractivity contribution in [3.63, 3.8) is 0 Å². The molecule has 0 N–H and O–H groups in total. The van der Waals surface area contributed by atoms with Gasteiger partial charge in [0, 0.05) is 33.1 Å². The van der Waals surface area contributed by atoms with Crippen LogP contribution in [0.1, 0.15) is 48.3 Å². The number of carbonyl (C=O) groups excluding carboxylic acids is 2.